The third kappa shape index (κ3) is 2.85. The fourth-order valence-corrected chi connectivity index (χ4v) is 2.63. The van der Waals surface area contributed by atoms with Crippen LogP contribution in [0.1, 0.15) is 4.88 Å². The monoisotopic (exact) mass is 252 g/mol. The highest BCUT2D eigenvalue weighted by Gasteiger charge is 2.07. The van der Waals surface area contributed by atoms with E-state index in [1.807, 2.05) is 18.2 Å². The molecule has 84 valence electrons. The summed E-state index contributed by atoms with van der Waals surface area (Å²) in [5.41, 5.74) is 2.42. The van der Waals surface area contributed by atoms with E-state index in [0.717, 1.165) is 0 Å². The zero-order valence-corrected chi connectivity index (χ0v) is 10.3. The van der Waals surface area contributed by atoms with Gasteiger partial charge in [0, 0.05) is 17.2 Å². The molecule has 0 radical (unpaired) electrons. The van der Waals surface area contributed by atoms with Crippen LogP contribution < -0.4 is 0 Å². The maximum atomic E-state index is 9.47. The van der Waals surface area contributed by atoms with E-state index >= 15 is 0 Å². The molecule has 1 heterocycles. The van der Waals surface area contributed by atoms with Gasteiger partial charge in [-0.25, -0.2) is 0 Å². The van der Waals surface area contributed by atoms with E-state index in [2.05, 4.69) is 23.6 Å². The summed E-state index contributed by atoms with van der Waals surface area (Å²) >= 11 is 7.25. The number of rotatable bonds is 4. The lowest BCUT2D eigenvalue weighted by molar-refractivity contribution is 0.199. The van der Waals surface area contributed by atoms with Gasteiger partial charge >= 0.3 is 0 Å². The molecule has 1 aromatic heterocycles. The quantitative estimate of drug-likeness (QED) is 0.825. The number of thiophene rings is 1. The van der Waals surface area contributed by atoms with Gasteiger partial charge in [-0.05, 0) is 22.6 Å². The van der Waals surface area contributed by atoms with Crippen molar-refractivity contribution in [3.05, 3.63) is 46.7 Å². The van der Waals surface area contributed by atoms with Crippen LogP contribution in [0.15, 0.2) is 41.8 Å². The molecule has 1 unspecified atom stereocenters. The van der Waals surface area contributed by atoms with Gasteiger partial charge in [-0.3, -0.25) is 0 Å². The molecular formula is C13H13ClOS. The maximum absolute atomic E-state index is 9.47. The smallest absolute Gasteiger partial charge is 0.0723 e. The predicted molar refractivity (Wildman–Crippen MR) is 70.2 cm³/mol. The van der Waals surface area contributed by atoms with Crippen LogP contribution in [-0.2, 0) is 6.42 Å². The second kappa shape index (κ2) is 5.48. The van der Waals surface area contributed by atoms with Crippen molar-refractivity contribution in [2.24, 2.45) is 0 Å². The normalized spacial score (nSPS) is 12.6. The van der Waals surface area contributed by atoms with Crippen molar-refractivity contribution in [3.8, 4) is 11.1 Å². The maximum Gasteiger partial charge on any atom is 0.0723 e. The van der Waals surface area contributed by atoms with Crippen molar-refractivity contribution in [2.75, 3.05) is 5.88 Å². The van der Waals surface area contributed by atoms with Crippen molar-refractivity contribution in [3.63, 3.8) is 0 Å². The van der Waals surface area contributed by atoms with Crippen molar-refractivity contribution in [1.29, 1.82) is 0 Å². The van der Waals surface area contributed by atoms with Gasteiger partial charge in [-0.2, -0.15) is 0 Å². The van der Waals surface area contributed by atoms with Gasteiger partial charge in [0.25, 0.3) is 0 Å². The van der Waals surface area contributed by atoms with Gasteiger partial charge in [0.05, 0.1) is 6.10 Å². The fourth-order valence-electron chi connectivity index (χ4n) is 1.56. The van der Waals surface area contributed by atoms with E-state index in [-0.39, 0.29) is 0 Å². The number of aliphatic hydroxyl groups excluding tert-OH is 1. The summed E-state index contributed by atoms with van der Waals surface area (Å²) in [7, 11) is 0. The molecule has 1 nitrogen and oxygen atoms in total. The number of alkyl halides is 1. The summed E-state index contributed by atoms with van der Waals surface area (Å²) < 4.78 is 0. The van der Waals surface area contributed by atoms with E-state index in [0.29, 0.717) is 12.3 Å². The largest absolute Gasteiger partial charge is 0.392 e. The zero-order valence-electron chi connectivity index (χ0n) is 8.77. The zero-order chi connectivity index (χ0) is 11.4. The van der Waals surface area contributed by atoms with Crippen LogP contribution in [0.4, 0.5) is 0 Å². The molecule has 3 heteroatoms. The highest BCUT2D eigenvalue weighted by Crippen LogP contribution is 2.26. The molecule has 2 aromatic rings. The van der Waals surface area contributed by atoms with Gasteiger partial charge in [0.1, 0.15) is 0 Å². The van der Waals surface area contributed by atoms with E-state index in [1.165, 1.54) is 16.0 Å². The number of hydrogen-bond donors (Lipinski definition) is 1. The molecule has 2 rings (SSSR count). The Morgan fingerprint density at radius 2 is 1.94 bits per heavy atom. The molecule has 1 N–H and O–H groups in total. The van der Waals surface area contributed by atoms with E-state index in [1.54, 1.807) is 11.3 Å². The second-order valence-electron chi connectivity index (χ2n) is 3.68. The van der Waals surface area contributed by atoms with Crippen molar-refractivity contribution < 1.29 is 5.11 Å². The summed E-state index contributed by atoms with van der Waals surface area (Å²) in [6, 6.07) is 12.4. The standard InChI is InChI=1S/C13H13ClOS/c14-8-12(15)7-13-6-11(9-16-13)10-4-2-1-3-5-10/h1-6,9,12,15H,7-8H2. The minimum absolute atomic E-state index is 0.290. The molecule has 0 fully saturated rings. The Balaban J connectivity index is 2.14. The molecule has 0 spiro atoms. The van der Waals surface area contributed by atoms with Gasteiger partial charge in [-0.15, -0.1) is 22.9 Å². The van der Waals surface area contributed by atoms with E-state index < -0.39 is 6.10 Å². The van der Waals surface area contributed by atoms with Crippen LogP contribution in [0.3, 0.4) is 0 Å². The molecule has 0 aliphatic rings. The van der Waals surface area contributed by atoms with Gasteiger partial charge < -0.3 is 5.11 Å². The van der Waals surface area contributed by atoms with Crippen molar-refractivity contribution >= 4 is 22.9 Å². The summed E-state index contributed by atoms with van der Waals surface area (Å²) in [4.78, 5) is 1.17. The lowest BCUT2D eigenvalue weighted by Crippen LogP contribution is -2.10. The van der Waals surface area contributed by atoms with Crippen molar-refractivity contribution in [1.82, 2.24) is 0 Å². The number of hydrogen-bond acceptors (Lipinski definition) is 2. The van der Waals surface area contributed by atoms with Crippen LogP contribution >= 0.6 is 22.9 Å². The molecule has 16 heavy (non-hydrogen) atoms. The van der Waals surface area contributed by atoms with Crippen LogP contribution in [-0.4, -0.2) is 17.1 Å². The Bertz CT molecular complexity index is 438. The Morgan fingerprint density at radius 1 is 1.19 bits per heavy atom. The molecule has 0 saturated heterocycles. The Hall–Kier alpha value is -0.830. The molecular weight excluding hydrogens is 240 g/mol. The SMILES string of the molecule is OC(CCl)Cc1cc(-c2ccccc2)cs1. The molecule has 0 aliphatic carbocycles. The Labute approximate surface area is 104 Å². The van der Waals surface area contributed by atoms with Crippen LogP contribution in [0.2, 0.25) is 0 Å². The first-order valence-electron chi connectivity index (χ1n) is 5.16. The molecule has 0 aliphatic heterocycles. The second-order valence-corrected chi connectivity index (χ2v) is 4.98. The highest BCUT2D eigenvalue weighted by molar-refractivity contribution is 7.10. The summed E-state index contributed by atoms with van der Waals surface area (Å²) in [6.07, 6.45) is 0.199. The van der Waals surface area contributed by atoms with Crippen molar-refractivity contribution in [2.45, 2.75) is 12.5 Å². The molecule has 1 aromatic carbocycles. The topological polar surface area (TPSA) is 20.2 Å². The summed E-state index contributed by atoms with van der Waals surface area (Å²) in [5.74, 6) is 0.290. The number of halogens is 1. The van der Waals surface area contributed by atoms with Crippen LogP contribution in [0, 0.1) is 0 Å². The van der Waals surface area contributed by atoms with Gasteiger partial charge in [0.2, 0.25) is 0 Å². The third-order valence-corrected chi connectivity index (χ3v) is 3.69. The first kappa shape index (κ1) is 11.6. The van der Waals surface area contributed by atoms with Gasteiger partial charge in [0.15, 0.2) is 0 Å². The number of aliphatic hydroxyl groups is 1. The predicted octanol–water partition coefficient (Wildman–Crippen LogP) is 3.56. The average molecular weight is 253 g/mol. The first-order chi connectivity index (χ1) is 7.79. The minimum Gasteiger partial charge on any atom is -0.392 e. The average Bonchev–Trinajstić information content (AvgIpc) is 2.78. The van der Waals surface area contributed by atoms with Crippen LogP contribution in [0.25, 0.3) is 11.1 Å². The lowest BCUT2D eigenvalue weighted by atomic mass is 10.1. The van der Waals surface area contributed by atoms with Gasteiger partial charge in [-0.1, -0.05) is 30.3 Å². The summed E-state index contributed by atoms with van der Waals surface area (Å²) in [6.45, 7) is 0. The summed E-state index contributed by atoms with van der Waals surface area (Å²) in [5, 5.41) is 11.6. The number of benzene rings is 1. The highest BCUT2D eigenvalue weighted by atomic mass is 35.5. The minimum atomic E-state index is -0.441. The molecule has 0 bridgehead atoms. The van der Waals surface area contributed by atoms with Crippen LogP contribution in [0.5, 0.6) is 0 Å². The first-order valence-corrected chi connectivity index (χ1v) is 6.58. The van der Waals surface area contributed by atoms with E-state index in [4.69, 9.17) is 11.6 Å². The third-order valence-electron chi connectivity index (χ3n) is 2.38. The van der Waals surface area contributed by atoms with E-state index in [9.17, 15) is 5.11 Å². The Kier molecular flexibility index (Phi) is 3.99. The molecule has 0 amide bonds. The fraction of sp³-hybridized carbons (Fsp3) is 0.231. The molecule has 1 atom stereocenters. The lowest BCUT2D eigenvalue weighted by Gasteiger charge is -2.02. The molecule has 0 saturated carbocycles. The Morgan fingerprint density at radius 3 is 2.62 bits per heavy atom.